The summed E-state index contributed by atoms with van der Waals surface area (Å²) in [4.78, 5) is 16.8. The van der Waals surface area contributed by atoms with E-state index >= 15 is 0 Å². The van der Waals surface area contributed by atoms with Gasteiger partial charge in [-0.1, -0.05) is 0 Å². The maximum absolute atomic E-state index is 11.5. The number of ketones is 1. The zero-order chi connectivity index (χ0) is 16.4. The Labute approximate surface area is 140 Å². The van der Waals surface area contributed by atoms with Crippen molar-refractivity contribution in [3.05, 3.63) is 23.5 Å². The molecule has 0 spiro atoms. The van der Waals surface area contributed by atoms with Gasteiger partial charge in [-0.3, -0.25) is 9.69 Å². The molecule has 0 bridgehead atoms. The molecule has 23 heavy (non-hydrogen) atoms. The Balaban J connectivity index is 1.52. The number of likely N-dealkylation sites (tertiary alicyclic amines) is 2. The molecule has 0 saturated carbocycles. The lowest BCUT2D eigenvalue weighted by atomic mass is 9.89. The zero-order valence-electron chi connectivity index (χ0n) is 14.9. The molecule has 2 saturated heterocycles. The van der Waals surface area contributed by atoms with Crippen molar-refractivity contribution >= 4 is 5.78 Å². The van der Waals surface area contributed by atoms with Crippen molar-refractivity contribution in [3.8, 4) is 0 Å². The van der Waals surface area contributed by atoms with Crippen molar-refractivity contribution in [1.82, 2.24) is 14.4 Å². The Morgan fingerprint density at radius 1 is 1.22 bits per heavy atom. The van der Waals surface area contributed by atoms with Gasteiger partial charge in [-0.15, -0.1) is 0 Å². The molecule has 3 heterocycles. The Morgan fingerprint density at radius 2 is 1.87 bits per heavy atom. The molecule has 0 aliphatic carbocycles. The molecule has 0 amide bonds. The number of piperidine rings is 1. The van der Waals surface area contributed by atoms with Crippen LogP contribution in [0.5, 0.6) is 0 Å². The van der Waals surface area contributed by atoms with Crippen LogP contribution in [0.15, 0.2) is 12.3 Å². The van der Waals surface area contributed by atoms with Crippen molar-refractivity contribution in [1.29, 1.82) is 0 Å². The number of Topliss-reactive ketones (excluding diaryl/α,β-unsaturated/α-hetero) is 1. The molecule has 2 fully saturated rings. The van der Waals surface area contributed by atoms with E-state index in [-0.39, 0.29) is 5.78 Å². The Hall–Kier alpha value is -1.13. The monoisotopic (exact) mass is 317 g/mol. The first kappa shape index (κ1) is 16.7. The summed E-state index contributed by atoms with van der Waals surface area (Å²) >= 11 is 0. The molecule has 128 valence electrons. The van der Waals surface area contributed by atoms with E-state index < -0.39 is 0 Å². The van der Waals surface area contributed by atoms with Crippen molar-refractivity contribution in [3.63, 3.8) is 0 Å². The second kappa shape index (κ2) is 7.18. The summed E-state index contributed by atoms with van der Waals surface area (Å²) in [5.41, 5.74) is 2.08. The number of carbonyl (C=O) groups excluding carboxylic acids is 1. The maximum atomic E-state index is 11.5. The minimum absolute atomic E-state index is 0.157. The summed E-state index contributed by atoms with van der Waals surface area (Å²) in [6, 6.07) is 2.81. The van der Waals surface area contributed by atoms with Crippen LogP contribution in [0.1, 0.15) is 55.6 Å². The van der Waals surface area contributed by atoms with E-state index in [1.165, 1.54) is 57.6 Å². The molecule has 2 aliphatic rings. The normalized spacial score (nSPS) is 22.6. The molecule has 0 radical (unpaired) electrons. The standard InChI is InChI=1S/C19H31N3O/c1-15(22-8-4-5-9-22)17-6-10-21(11-7-17)14-19-12-18(16(2)23)13-20(19)3/h12-13,15,17H,4-11,14H2,1-3H3. The highest BCUT2D eigenvalue weighted by molar-refractivity contribution is 5.94. The topological polar surface area (TPSA) is 28.5 Å². The van der Waals surface area contributed by atoms with Crippen LogP contribution in [0.2, 0.25) is 0 Å². The van der Waals surface area contributed by atoms with E-state index in [1.54, 1.807) is 6.92 Å². The Morgan fingerprint density at radius 3 is 2.43 bits per heavy atom. The molecular formula is C19H31N3O. The molecule has 1 aromatic heterocycles. The summed E-state index contributed by atoms with van der Waals surface area (Å²) in [6.45, 7) is 10.0. The van der Waals surface area contributed by atoms with Gasteiger partial charge in [0, 0.05) is 37.1 Å². The van der Waals surface area contributed by atoms with E-state index in [0.717, 1.165) is 24.1 Å². The molecule has 0 aromatic carbocycles. The van der Waals surface area contributed by atoms with Crippen LogP contribution in [-0.2, 0) is 13.6 Å². The van der Waals surface area contributed by atoms with Gasteiger partial charge in [-0.05, 0) is 77.7 Å². The van der Waals surface area contributed by atoms with Crippen LogP contribution < -0.4 is 0 Å². The maximum Gasteiger partial charge on any atom is 0.161 e. The molecular weight excluding hydrogens is 286 g/mol. The van der Waals surface area contributed by atoms with Gasteiger partial charge in [-0.25, -0.2) is 0 Å². The van der Waals surface area contributed by atoms with Crippen LogP contribution in [-0.4, -0.2) is 52.4 Å². The van der Waals surface area contributed by atoms with Gasteiger partial charge in [-0.2, -0.15) is 0 Å². The molecule has 1 unspecified atom stereocenters. The highest BCUT2D eigenvalue weighted by Gasteiger charge is 2.29. The van der Waals surface area contributed by atoms with Gasteiger partial charge in [0.05, 0.1) is 0 Å². The summed E-state index contributed by atoms with van der Waals surface area (Å²) in [5, 5.41) is 0. The van der Waals surface area contributed by atoms with E-state index in [0.29, 0.717) is 0 Å². The number of hydrogen-bond donors (Lipinski definition) is 0. The van der Waals surface area contributed by atoms with Gasteiger partial charge in [0.2, 0.25) is 0 Å². The first-order chi connectivity index (χ1) is 11.0. The predicted molar refractivity (Wildman–Crippen MR) is 93.7 cm³/mol. The van der Waals surface area contributed by atoms with Gasteiger partial charge in [0.15, 0.2) is 5.78 Å². The van der Waals surface area contributed by atoms with E-state index in [1.807, 2.05) is 13.2 Å². The molecule has 2 aliphatic heterocycles. The van der Waals surface area contributed by atoms with E-state index in [2.05, 4.69) is 27.4 Å². The SMILES string of the molecule is CC(=O)c1cc(CN2CCC(C(C)N3CCCC3)CC2)n(C)c1. The smallest absolute Gasteiger partial charge is 0.161 e. The third kappa shape index (κ3) is 3.86. The van der Waals surface area contributed by atoms with Crippen molar-refractivity contribution < 1.29 is 4.79 Å². The second-order valence-electron chi connectivity index (χ2n) is 7.48. The van der Waals surface area contributed by atoms with Crippen LogP contribution >= 0.6 is 0 Å². The average molecular weight is 317 g/mol. The molecule has 4 nitrogen and oxygen atoms in total. The molecule has 1 aromatic rings. The van der Waals surface area contributed by atoms with E-state index in [4.69, 9.17) is 0 Å². The number of hydrogen-bond acceptors (Lipinski definition) is 3. The third-order valence-corrected chi connectivity index (χ3v) is 5.93. The van der Waals surface area contributed by atoms with Crippen LogP contribution in [0.3, 0.4) is 0 Å². The fourth-order valence-corrected chi connectivity index (χ4v) is 4.23. The zero-order valence-corrected chi connectivity index (χ0v) is 14.9. The first-order valence-corrected chi connectivity index (χ1v) is 9.17. The summed E-state index contributed by atoms with van der Waals surface area (Å²) in [6.07, 6.45) is 7.34. The third-order valence-electron chi connectivity index (χ3n) is 5.93. The van der Waals surface area contributed by atoms with Crippen LogP contribution in [0.4, 0.5) is 0 Å². The number of rotatable bonds is 5. The van der Waals surface area contributed by atoms with Crippen molar-refractivity contribution in [2.75, 3.05) is 26.2 Å². The molecule has 3 rings (SSSR count). The highest BCUT2D eigenvalue weighted by Crippen LogP contribution is 2.27. The summed E-state index contributed by atoms with van der Waals surface area (Å²) in [5.74, 6) is 1.01. The Kier molecular flexibility index (Phi) is 5.22. The largest absolute Gasteiger partial charge is 0.353 e. The number of nitrogens with zero attached hydrogens (tertiary/aromatic N) is 3. The minimum atomic E-state index is 0.157. The predicted octanol–water partition coefficient (Wildman–Crippen LogP) is 2.92. The highest BCUT2D eigenvalue weighted by atomic mass is 16.1. The summed E-state index contributed by atoms with van der Waals surface area (Å²) < 4.78 is 2.11. The van der Waals surface area contributed by atoms with Gasteiger partial charge in [0.1, 0.15) is 0 Å². The molecule has 0 N–H and O–H groups in total. The quantitative estimate of drug-likeness (QED) is 0.782. The van der Waals surface area contributed by atoms with E-state index in [9.17, 15) is 4.79 Å². The van der Waals surface area contributed by atoms with Gasteiger partial charge < -0.3 is 9.47 Å². The fourth-order valence-electron chi connectivity index (χ4n) is 4.23. The number of carbonyl (C=O) groups is 1. The molecule has 1 atom stereocenters. The lowest BCUT2D eigenvalue weighted by Crippen LogP contribution is -2.43. The van der Waals surface area contributed by atoms with Gasteiger partial charge >= 0.3 is 0 Å². The number of aromatic nitrogens is 1. The van der Waals surface area contributed by atoms with Crippen LogP contribution in [0, 0.1) is 5.92 Å². The molecule has 4 heteroatoms. The average Bonchev–Trinajstić information content (AvgIpc) is 3.18. The fraction of sp³-hybridized carbons (Fsp3) is 0.737. The van der Waals surface area contributed by atoms with Crippen LogP contribution in [0.25, 0.3) is 0 Å². The second-order valence-corrected chi connectivity index (χ2v) is 7.48. The van der Waals surface area contributed by atoms with Crippen molar-refractivity contribution in [2.24, 2.45) is 13.0 Å². The lowest BCUT2D eigenvalue weighted by molar-refractivity contribution is 0.101. The minimum Gasteiger partial charge on any atom is -0.353 e. The first-order valence-electron chi connectivity index (χ1n) is 9.17. The lowest BCUT2D eigenvalue weighted by Gasteiger charge is -2.38. The van der Waals surface area contributed by atoms with Gasteiger partial charge in [0.25, 0.3) is 0 Å². The number of aryl methyl sites for hydroxylation is 1. The summed E-state index contributed by atoms with van der Waals surface area (Å²) in [7, 11) is 2.05. The Bertz CT molecular complexity index is 537. The van der Waals surface area contributed by atoms with Crippen molar-refractivity contribution in [2.45, 2.75) is 52.1 Å².